The number of carbonyl (C=O) groups excluding carboxylic acids is 2. The number of hydrogen-bond acceptors (Lipinski definition) is 4. The summed E-state index contributed by atoms with van der Waals surface area (Å²) >= 11 is 1.47. The van der Waals surface area contributed by atoms with E-state index < -0.39 is 6.10 Å². The number of fused-ring (bicyclic) bond motifs is 1. The van der Waals surface area contributed by atoms with Crippen LogP contribution in [0.5, 0.6) is 5.75 Å². The highest BCUT2D eigenvalue weighted by atomic mass is 32.1. The van der Waals surface area contributed by atoms with Crippen molar-refractivity contribution < 1.29 is 14.3 Å². The van der Waals surface area contributed by atoms with E-state index in [0.717, 1.165) is 48.4 Å². The van der Waals surface area contributed by atoms with E-state index in [1.165, 1.54) is 16.9 Å². The summed E-state index contributed by atoms with van der Waals surface area (Å²) in [6, 6.07) is 19.8. The van der Waals surface area contributed by atoms with Crippen LogP contribution in [0.15, 0.2) is 66.0 Å². The van der Waals surface area contributed by atoms with Crippen LogP contribution in [0.25, 0.3) is 0 Å². The van der Waals surface area contributed by atoms with Crippen LogP contribution >= 0.6 is 11.3 Å². The van der Waals surface area contributed by atoms with E-state index in [1.54, 1.807) is 0 Å². The summed E-state index contributed by atoms with van der Waals surface area (Å²) in [5.74, 6) is 0.757. The molecule has 170 valence electrons. The van der Waals surface area contributed by atoms with Gasteiger partial charge in [-0.25, -0.2) is 0 Å². The summed E-state index contributed by atoms with van der Waals surface area (Å²) in [5.41, 5.74) is 3.35. The van der Waals surface area contributed by atoms with Gasteiger partial charge in [0.15, 0.2) is 6.10 Å². The van der Waals surface area contributed by atoms with Gasteiger partial charge >= 0.3 is 0 Å². The van der Waals surface area contributed by atoms with Gasteiger partial charge in [-0.15, -0.1) is 11.3 Å². The average Bonchev–Trinajstić information content (AvgIpc) is 3.58. The largest absolute Gasteiger partial charge is 0.481 e. The number of ether oxygens (including phenoxy) is 1. The van der Waals surface area contributed by atoms with Crippen LogP contribution in [-0.2, 0) is 11.2 Å². The predicted molar refractivity (Wildman–Crippen MR) is 130 cm³/mol. The van der Waals surface area contributed by atoms with Crippen molar-refractivity contribution in [2.24, 2.45) is 0 Å². The topological polar surface area (TPSA) is 49.9 Å². The van der Waals surface area contributed by atoms with E-state index in [0.29, 0.717) is 12.3 Å². The molecule has 0 spiro atoms. The van der Waals surface area contributed by atoms with Crippen LogP contribution in [0.2, 0.25) is 0 Å². The molecule has 2 aromatic carbocycles. The lowest BCUT2D eigenvalue weighted by atomic mass is 9.87. The zero-order valence-corrected chi connectivity index (χ0v) is 19.6. The van der Waals surface area contributed by atoms with E-state index in [2.05, 4.69) is 18.2 Å². The van der Waals surface area contributed by atoms with Gasteiger partial charge < -0.3 is 14.5 Å². The van der Waals surface area contributed by atoms with Crippen molar-refractivity contribution in [2.75, 3.05) is 19.6 Å². The van der Waals surface area contributed by atoms with E-state index in [4.69, 9.17) is 4.74 Å². The maximum absolute atomic E-state index is 13.4. The second-order valence-electron chi connectivity index (χ2n) is 8.69. The van der Waals surface area contributed by atoms with Gasteiger partial charge in [0.25, 0.3) is 11.8 Å². The minimum atomic E-state index is -0.538. The molecule has 2 aliphatic heterocycles. The van der Waals surface area contributed by atoms with Gasteiger partial charge in [-0.2, -0.15) is 0 Å². The number of rotatable bonds is 5. The van der Waals surface area contributed by atoms with Crippen molar-refractivity contribution in [1.82, 2.24) is 9.80 Å². The van der Waals surface area contributed by atoms with Gasteiger partial charge in [0.1, 0.15) is 5.75 Å². The first-order valence-corrected chi connectivity index (χ1v) is 12.5. The Kier molecular flexibility index (Phi) is 6.18. The molecule has 5 rings (SSSR count). The Bertz CT molecular complexity index is 1120. The molecule has 2 atom stereocenters. The molecule has 1 saturated heterocycles. The monoisotopic (exact) mass is 460 g/mol. The van der Waals surface area contributed by atoms with Crippen molar-refractivity contribution in [3.8, 4) is 5.75 Å². The molecule has 0 saturated carbocycles. The molecule has 2 aliphatic rings. The molecule has 1 fully saturated rings. The third-order valence-electron chi connectivity index (χ3n) is 6.53. The summed E-state index contributed by atoms with van der Waals surface area (Å²) in [4.78, 5) is 30.8. The first kappa shape index (κ1) is 21.7. The van der Waals surface area contributed by atoms with E-state index in [-0.39, 0.29) is 17.9 Å². The molecule has 1 aromatic heterocycles. The third-order valence-corrected chi connectivity index (χ3v) is 7.39. The molecule has 2 unspecified atom stereocenters. The fraction of sp³-hybridized carbons (Fsp3) is 0.333. The van der Waals surface area contributed by atoms with Crippen LogP contribution in [0.1, 0.15) is 52.2 Å². The number of nitrogens with zero attached hydrogens (tertiary/aromatic N) is 2. The fourth-order valence-corrected chi connectivity index (χ4v) is 5.55. The van der Waals surface area contributed by atoms with Crippen LogP contribution in [0, 0.1) is 0 Å². The van der Waals surface area contributed by atoms with Gasteiger partial charge in [-0.1, -0.05) is 42.5 Å². The van der Waals surface area contributed by atoms with Crippen molar-refractivity contribution in [1.29, 1.82) is 0 Å². The average molecular weight is 461 g/mol. The van der Waals surface area contributed by atoms with Gasteiger partial charge in [-0.05, 0) is 66.5 Å². The van der Waals surface area contributed by atoms with Crippen LogP contribution in [0.4, 0.5) is 0 Å². The lowest BCUT2D eigenvalue weighted by molar-refractivity contribution is -0.136. The smallest absolute Gasteiger partial charge is 0.264 e. The molecule has 0 radical (unpaired) electrons. The van der Waals surface area contributed by atoms with E-state index in [1.807, 2.05) is 64.6 Å². The van der Waals surface area contributed by atoms with Crippen molar-refractivity contribution >= 4 is 23.2 Å². The van der Waals surface area contributed by atoms with Gasteiger partial charge in [0, 0.05) is 19.6 Å². The fourth-order valence-electron chi connectivity index (χ4n) is 4.87. The van der Waals surface area contributed by atoms with Crippen molar-refractivity contribution in [3.05, 3.63) is 87.6 Å². The summed E-state index contributed by atoms with van der Waals surface area (Å²) < 4.78 is 6.11. The van der Waals surface area contributed by atoms with E-state index >= 15 is 0 Å². The first-order valence-electron chi connectivity index (χ1n) is 11.6. The standard InChI is InChI=1S/C27H28N2O3S/c1-19(26(30)28-14-5-6-15-28)32-22-12-11-20-13-16-29(27(31)24-10-7-17-33-24)25(23(20)18-22)21-8-3-2-4-9-21/h2-4,7-12,17-19,25H,5-6,13-16H2,1H3. The molecule has 0 bridgehead atoms. The Morgan fingerprint density at radius 2 is 1.79 bits per heavy atom. The number of carbonyl (C=O) groups is 2. The molecule has 0 N–H and O–H groups in total. The Morgan fingerprint density at radius 1 is 1.00 bits per heavy atom. The summed E-state index contributed by atoms with van der Waals surface area (Å²) in [6.07, 6.45) is 2.37. The molecular weight excluding hydrogens is 432 g/mol. The maximum Gasteiger partial charge on any atom is 0.264 e. The number of benzene rings is 2. The Morgan fingerprint density at radius 3 is 2.52 bits per heavy atom. The molecule has 3 heterocycles. The number of likely N-dealkylation sites (tertiary alicyclic amines) is 1. The number of hydrogen-bond donors (Lipinski definition) is 0. The highest BCUT2D eigenvalue weighted by Gasteiger charge is 2.33. The zero-order chi connectivity index (χ0) is 22.8. The highest BCUT2D eigenvalue weighted by molar-refractivity contribution is 7.12. The van der Waals surface area contributed by atoms with E-state index in [9.17, 15) is 9.59 Å². The molecular formula is C27H28N2O3S. The Balaban J connectivity index is 1.47. The second-order valence-corrected chi connectivity index (χ2v) is 9.64. The minimum absolute atomic E-state index is 0.0410. The lowest BCUT2D eigenvalue weighted by Gasteiger charge is -2.38. The van der Waals surface area contributed by atoms with Crippen LogP contribution in [0.3, 0.4) is 0 Å². The third kappa shape index (κ3) is 4.40. The Labute approximate surface area is 198 Å². The van der Waals surface area contributed by atoms with Gasteiger partial charge in [0.05, 0.1) is 10.9 Å². The Hall–Kier alpha value is -3.12. The quantitative estimate of drug-likeness (QED) is 0.543. The molecule has 5 nitrogen and oxygen atoms in total. The molecule has 33 heavy (non-hydrogen) atoms. The zero-order valence-electron chi connectivity index (χ0n) is 18.8. The molecule has 3 aromatic rings. The SMILES string of the molecule is CC(Oc1ccc2c(c1)C(c1ccccc1)N(C(=O)c1cccs1)CC2)C(=O)N1CCCC1. The summed E-state index contributed by atoms with van der Waals surface area (Å²) in [6.45, 7) is 4.11. The minimum Gasteiger partial charge on any atom is -0.481 e. The molecule has 2 amide bonds. The first-order chi connectivity index (χ1) is 16.1. The van der Waals surface area contributed by atoms with Gasteiger partial charge in [-0.3, -0.25) is 9.59 Å². The number of thiophene rings is 1. The maximum atomic E-state index is 13.4. The second kappa shape index (κ2) is 9.40. The lowest BCUT2D eigenvalue weighted by Crippen LogP contribution is -2.40. The summed E-state index contributed by atoms with van der Waals surface area (Å²) in [5, 5.41) is 1.94. The van der Waals surface area contributed by atoms with Crippen molar-refractivity contribution in [3.63, 3.8) is 0 Å². The molecule has 6 heteroatoms. The predicted octanol–water partition coefficient (Wildman–Crippen LogP) is 4.93. The van der Waals surface area contributed by atoms with Crippen LogP contribution < -0.4 is 4.74 Å². The van der Waals surface area contributed by atoms with Gasteiger partial charge in [0.2, 0.25) is 0 Å². The van der Waals surface area contributed by atoms with Crippen LogP contribution in [-0.4, -0.2) is 47.4 Å². The number of amides is 2. The molecule has 0 aliphatic carbocycles. The highest BCUT2D eigenvalue weighted by Crippen LogP contribution is 2.38. The summed E-state index contributed by atoms with van der Waals surface area (Å²) in [7, 11) is 0. The normalized spacial score (nSPS) is 18.6. The van der Waals surface area contributed by atoms with Crippen molar-refractivity contribution in [2.45, 2.75) is 38.3 Å².